The van der Waals surface area contributed by atoms with Crippen LogP contribution >= 0.6 is 15.9 Å². The fraction of sp³-hybridized carbons (Fsp3) is 0.0667. The summed E-state index contributed by atoms with van der Waals surface area (Å²) in [5.74, 6) is -0.876. The molecule has 0 bridgehead atoms. The van der Waals surface area contributed by atoms with Gasteiger partial charge in [0.05, 0.1) is 5.52 Å². The number of H-pyrrole nitrogens is 1. The molecule has 3 aromatic rings. The van der Waals surface area contributed by atoms with Crippen LogP contribution in [0.5, 0.6) is 0 Å². The third-order valence-electron chi connectivity index (χ3n) is 3.04. The number of hydrogen-bond acceptors (Lipinski definition) is 3. The van der Waals surface area contributed by atoms with Gasteiger partial charge in [-0.05, 0) is 18.2 Å². The average molecular weight is 349 g/mol. The van der Waals surface area contributed by atoms with Crippen molar-refractivity contribution in [1.29, 1.82) is 0 Å². The van der Waals surface area contributed by atoms with Gasteiger partial charge in [-0.3, -0.25) is 5.10 Å². The first kappa shape index (κ1) is 13.8. The molecule has 0 saturated heterocycles. The van der Waals surface area contributed by atoms with E-state index in [9.17, 15) is 9.18 Å². The van der Waals surface area contributed by atoms with Gasteiger partial charge < -0.3 is 4.74 Å². The molecule has 0 atom stereocenters. The van der Waals surface area contributed by atoms with Gasteiger partial charge in [-0.15, -0.1) is 0 Å². The van der Waals surface area contributed by atoms with Crippen LogP contribution in [0.25, 0.3) is 10.9 Å². The monoisotopic (exact) mass is 348 g/mol. The Balaban J connectivity index is 1.77. The van der Waals surface area contributed by atoms with Gasteiger partial charge in [0.2, 0.25) is 0 Å². The number of carbonyl (C=O) groups excluding carboxylic acids is 1. The standard InChI is InChI=1S/C15H10BrFN2O2/c16-12-7-10(17)6-5-9(12)8-21-15(20)14-11-3-1-2-4-13(11)18-19-14/h1-7H,8H2,(H,18,19). The van der Waals surface area contributed by atoms with Crippen molar-refractivity contribution in [1.82, 2.24) is 10.2 Å². The number of aromatic nitrogens is 2. The zero-order chi connectivity index (χ0) is 14.8. The molecule has 0 aliphatic heterocycles. The summed E-state index contributed by atoms with van der Waals surface area (Å²) in [6.45, 7) is 0.0425. The maximum atomic E-state index is 13.0. The minimum absolute atomic E-state index is 0.0425. The third-order valence-corrected chi connectivity index (χ3v) is 3.78. The lowest BCUT2D eigenvalue weighted by molar-refractivity contribution is 0.0467. The van der Waals surface area contributed by atoms with Gasteiger partial charge in [0.25, 0.3) is 0 Å². The minimum atomic E-state index is -0.524. The van der Waals surface area contributed by atoms with Crippen LogP contribution in [0.2, 0.25) is 0 Å². The third kappa shape index (κ3) is 2.80. The lowest BCUT2D eigenvalue weighted by Crippen LogP contribution is -2.06. The van der Waals surface area contributed by atoms with Crippen molar-refractivity contribution in [3.8, 4) is 0 Å². The zero-order valence-electron chi connectivity index (χ0n) is 10.8. The van der Waals surface area contributed by atoms with Gasteiger partial charge in [0.15, 0.2) is 5.69 Å². The second-order valence-electron chi connectivity index (χ2n) is 4.43. The summed E-state index contributed by atoms with van der Waals surface area (Å²) in [5, 5.41) is 7.46. The van der Waals surface area contributed by atoms with Gasteiger partial charge in [0.1, 0.15) is 12.4 Å². The number of rotatable bonds is 3. The number of nitrogens with zero attached hydrogens (tertiary/aromatic N) is 1. The first-order valence-corrected chi connectivity index (χ1v) is 6.98. The normalized spacial score (nSPS) is 10.8. The lowest BCUT2D eigenvalue weighted by Gasteiger charge is -2.05. The number of nitrogens with one attached hydrogen (secondary N) is 1. The van der Waals surface area contributed by atoms with Crippen molar-refractivity contribution in [2.75, 3.05) is 0 Å². The molecule has 3 rings (SSSR count). The van der Waals surface area contributed by atoms with Crippen molar-refractivity contribution in [3.63, 3.8) is 0 Å². The van der Waals surface area contributed by atoms with E-state index in [1.807, 2.05) is 18.2 Å². The molecule has 0 aliphatic rings. The molecule has 0 amide bonds. The summed E-state index contributed by atoms with van der Waals surface area (Å²) in [6, 6.07) is 11.5. The number of carbonyl (C=O) groups is 1. The number of aromatic amines is 1. The van der Waals surface area contributed by atoms with Crippen molar-refractivity contribution < 1.29 is 13.9 Å². The van der Waals surface area contributed by atoms with Crippen LogP contribution in [-0.2, 0) is 11.3 Å². The highest BCUT2D eigenvalue weighted by molar-refractivity contribution is 9.10. The summed E-state index contributed by atoms with van der Waals surface area (Å²) in [5.41, 5.74) is 1.70. The van der Waals surface area contributed by atoms with Crippen LogP contribution in [0.4, 0.5) is 4.39 Å². The molecule has 0 spiro atoms. The van der Waals surface area contributed by atoms with E-state index in [-0.39, 0.29) is 18.1 Å². The van der Waals surface area contributed by atoms with Crippen LogP contribution in [-0.4, -0.2) is 16.2 Å². The van der Waals surface area contributed by atoms with Gasteiger partial charge in [-0.2, -0.15) is 5.10 Å². The van der Waals surface area contributed by atoms with E-state index in [1.165, 1.54) is 12.1 Å². The van der Waals surface area contributed by atoms with E-state index in [2.05, 4.69) is 26.1 Å². The number of ether oxygens (including phenoxy) is 1. The first-order chi connectivity index (χ1) is 10.1. The molecule has 6 heteroatoms. The maximum absolute atomic E-state index is 13.0. The molecule has 1 N–H and O–H groups in total. The minimum Gasteiger partial charge on any atom is -0.456 e. The molecular formula is C15H10BrFN2O2. The summed E-state index contributed by atoms with van der Waals surface area (Å²) in [4.78, 5) is 12.1. The Hall–Kier alpha value is -2.21. The summed E-state index contributed by atoms with van der Waals surface area (Å²) in [6.07, 6.45) is 0. The summed E-state index contributed by atoms with van der Waals surface area (Å²) < 4.78 is 18.8. The molecule has 4 nitrogen and oxygen atoms in total. The number of fused-ring (bicyclic) bond motifs is 1. The van der Waals surface area contributed by atoms with Crippen molar-refractivity contribution in [2.45, 2.75) is 6.61 Å². The fourth-order valence-corrected chi connectivity index (χ4v) is 2.43. The number of halogens is 2. The SMILES string of the molecule is O=C(OCc1ccc(F)cc1Br)c1n[nH]c2ccccc12. The maximum Gasteiger partial charge on any atom is 0.359 e. The molecule has 2 aromatic carbocycles. The van der Waals surface area contributed by atoms with Crippen molar-refractivity contribution in [2.24, 2.45) is 0 Å². The Labute approximate surface area is 128 Å². The number of benzene rings is 2. The molecule has 0 saturated carbocycles. The summed E-state index contributed by atoms with van der Waals surface area (Å²) >= 11 is 3.23. The molecule has 1 aromatic heterocycles. The largest absolute Gasteiger partial charge is 0.456 e. The molecule has 21 heavy (non-hydrogen) atoms. The number of esters is 1. The Kier molecular flexibility index (Phi) is 3.70. The van der Waals surface area contributed by atoms with E-state index in [1.54, 1.807) is 12.1 Å². The van der Waals surface area contributed by atoms with Crippen molar-refractivity contribution in [3.05, 3.63) is 64.0 Å². The highest BCUT2D eigenvalue weighted by Crippen LogP contribution is 2.20. The molecule has 0 aliphatic carbocycles. The Bertz CT molecular complexity index is 816. The van der Waals surface area contributed by atoms with Crippen LogP contribution in [0.1, 0.15) is 16.1 Å². The predicted octanol–water partition coefficient (Wildman–Crippen LogP) is 3.82. The zero-order valence-corrected chi connectivity index (χ0v) is 12.4. The van der Waals surface area contributed by atoms with Gasteiger partial charge in [-0.25, -0.2) is 9.18 Å². The fourth-order valence-electron chi connectivity index (χ4n) is 1.97. The predicted molar refractivity (Wildman–Crippen MR) is 79.3 cm³/mol. The summed E-state index contributed by atoms with van der Waals surface area (Å²) in [7, 11) is 0. The smallest absolute Gasteiger partial charge is 0.359 e. The highest BCUT2D eigenvalue weighted by Gasteiger charge is 2.15. The van der Waals surface area contributed by atoms with E-state index in [0.29, 0.717) is 15.4 Å². The topological polar surface area (TPSA) is 55.0 Å². The van der Waals surface area contributed by atoms with Gasteiger partial charge in [0, 0.05) is 15.4 Å². The quantitative estimate of drug-likeness (QED) is 0.732. The molecular weight excluding hydrogens is 339 g/mol. The lowest BCUT2D eigenvalue weighted by atomic mass is 10.2. The Morgan fingerprint density at radius 1 is 1.29 bits per heavy atom. The van der Waals surface area contributed by atoms with E-state index in [4.69, 9.17) is 4.74 Å². The first-order valence-electron chi connectivity index (χ1n) is 6.19. The molecule has 106 valence electrons. The van der Waals surface area contributed by atoms with Crippen molar-refractivity contribution >= 4 is 32.8 Å². The Morgan fingerprint density at radius 3 is 2.90 bits per heavy atom. The van der Waals surface area contributed by atoms with E-state index < -0.39 is 5.97 Å². The van der Waals surface area contributed by atoms with Crippen LogP contribution < -0.4 is 0 Å². The second kappa shape index (κ2) is 5.65. The number of para-hydroxylation sites is 1. The average Bonchev–Trinajstić information content (AvgIpc) is 2.90. The molecule has 1 heterocycles. The second-order valence-corrected chi connectivity index (χ2v) is 5.28. The van der Waals surface area contributed by atoms with E-state index >= 15 is 0 Å². The van der Waals surface area contributed by atoms with Gasteiger partial charge >= 0.3 is 5.97 Å². The van der Waals surface area contributed by atoms with E-state index in [0.717, 1.165) is 5.52 Å². The van der Waals surface area contributed by atoms with Gasteiger partial charge in [-0.1, -0.05) is 40.2 Å². The van der Waals surface area contributed by atoms with Crippen LogP contribution in [0.3, 0.4) is 0 Å². The molecule has 0 radical (unpaired) electrons. The van der Waals surface area contributed by atoms with Crippen LogP contribution in [0, 0.1) is 5.82 Å². The molecule has 0 unspecified atom stereocenters. The molecule has 0 fully saturated rings. The van der Waals surface area contributed by atoms with Crippen LogP contribution in [0.15, 0.2) is 46.9 Å². The number of hydrogen-bond donors (Lipinski definition) is 1. The highest BCUT2D eigenvalue weighted by atomic mass is 79.9. The Morgan fingerprint density at radius 2 is 2.10 bits per heavy atom.